The Morgan fingerprint density at radius 1 is 1.43 bits per heavy atom. The Morgan fingerprint density at radius 2 is 2.14 bits per heavy atom. The molecule has 1 N–H and O–H groups in total. The number of hydrogen-bond acceptors (Lipinski definition) is 5. The van der Waals surface area contributed by atoms with Crippen LogP contribution in [0, 0.1) is 11.3 Å². The summed E-state index contributed by atoms with van der Waals surface area (Å²) in [4.78, 5) is 30.2. The highest BCUT2D eigenvalue weighted by Crippen LogP contribution is 2.29. The molecule has 1 aliphatic rings. The molecular weight excluding hydrogens is 372 g/mol. The standard InChI is InChI=1S/C21H24N4O2S/c1-3-13-25-19(27)16-9-5-6-10-17(16)23-20(25)28-15(2)18(26)24-21(14-22)11-7-4-8-12-21/h3,5-6,9-10,15H,1,4,7-8,11-13H2,2H3,(H,24,26). The minimum absolute atomic E-state index is 0.151. The van der Waals surface area contributed by atoms with Crippen molar-refractivity contribution in [2.45, 2.75) is 61.5 Å². The molecule has 2 aromatic rings. The first-order valence-electron chi connectivity index (χ1n) is 9.50. The number of carbonyl (C=O) groups excluding carboxylic acids is 1. The molecule has 0 spiro atoms. The summed E-state index contributed by atoms with van der Waals surface area (Å²) in [6, 6.07) is 9.47. The largest absolute Gasteiger partial charge is 0.337 e. The number of rotatable bonds is 6. The van der Waals surface area contributed by atoms with Gasteiger partial charge in [0.25, 0.3) is 5.56 Å². The minimum atomic E-state index is -0.776. The zero-order chi connectivity index (χ0) is 20.1. The number of nitriles is 1. The molecule has 6 nitrogen and oxygen atoms in total. The van der Waals surface area contributed by atoms with Crippen LogP contribution >= 0.6 is 11.8 Å². The maximum absolute atomic E-state index is 12.8. The van der Waals surface area contributed by atoms with Gasteiger partial charge in [0.1, 0.15) is 5.54 Å². The number of allylic oxidation sites excluding steroid dienone is 1. The van der Waals surface area contributed by atoms with Gasteiger partial charge in [0.15, 0.2) is 5.16 Å². The fraction of sp³-hybridized carbons (Fsp3) is 0.429. The molecule has 1 saturated carbocycles. The predicted molar refractivity (Wildman–Crippen MR) is 111 cm³/mol. The Kier molecular flexibility index (Phi) is 6.20. The molecule has 1 aromatic carbocycles. The molecule has 3 rings (SSSR count). The molecule has 28 heavy (non-hydrogen) atoms. The molecule has 1 aliphatic carbocycles. The van der Waals surface area contributed by atoms with Crippen LogP contribution in [-0.2, 0) is 11.3 Å². The first-order valence-corrected chi connectivity index (χ1v) is 10.4. The van der Waals surface area contributed by atoms with Gasteiger partial charge in [-0.3, -0.25) is 14.2 Å². The van der Waals surface area contributed by atoms with E-state index in [-0.39, 0.29) is 11.5 Å². The van der Waals surface area contributed by atoms with Gasteiger partial charge in [-0.05, 0) is 31.9 Å². The van der Waals surface area contributed by atoms with Crippen molar-refractivity contribution >= 4 is 28.6 Å². The monoisotopic (exact) mass is 396 g/mol. The number of amides is 1. The van der Waals surface area contributed by atoms with Gasteiger partial charge < -0.3 is 5.32 Å². The van der Waals surface area contributed by atoms with Crippen molar-refractivity contribution in [2.75, 3.05) is 0 Å². The number of hydrogen-bond donors (Lipinski definition) is 1. The van der Waals surface area contributed by atoms with Gasteiger partial charge in [-0.15, -0.1) is 6.58 Å². The quantitative estimate of drug-likeness (QED) is 0.459. The average Bonchev–Trinajstić information content (AvgIpc) is 2.71. The van der Waals surface area contributed by atoms with Crippen LogP contribution in [0.2, 0.25) is 0 Å². The Morgan fingerprint density at radius 3 is 2.82 bits per heavy atom. The highest BCUT2D eigenvalue weighted by molar-refractivity contribution is 8.00. The van der Waals surface area contributed by atoms with E-state index in [9.17, 15) is 14.9 Å². The SMILES string of the molecule is C=CCn1c(SC(C)C(=O)NC2(C#N)CCCCC2)nc2ccccc2c1=O. The highest BCUT2D eigenvalue weighted by atomic mass is 32.2. The maximum atomic E-state index is 12.8. The molecule has 146 valence electrons. The van der Waals surface area contributed by atoms with E-state index in [1.807, 2.05) is 6.07 Å². The summed E-state index contributed by atoms with van der Waals surface area (Å²) in [7, 11) is 0. The van der Waals surface area contributed by atoms with E-state index < -0.39 is 10.8 Å². The molecule has 1 amide bonds. The van der Waals surface area contributed by atoms with Crippen LogP contribution in [0.25, 0.3) is 10.9 Å². The van der Waals surface area contributed by atoms with E-state index >= 15 is 0 Å². The number of carbonyl (C=O) groups is 1. The first kappa shape index (κ1) is 20.2. The second-order valence-corrected chi connectivity index (χ2v) is 8.43. The van der Waals surface area contributed by atoms with Crippen LogP contribution in [0.15, 0.2) is 46.9 Å². The predicted octanol–water partition coefficient (Wildman–Crippen LogP) is 3.41. The van der Waals surface area contributed by atoms with Crippen LogP contribution in [-0.4, -0.2) is 26.2 Å². The third-order valence-electron chi connectivity index (χ3n) is 5.07. The average molecular weight is 397 g/mol. The van der Waals surface area contributed by atoms with E-state index in [1.165, 1.54) is 16.3 Å². The molecule has 7 heteroatoms. The zero-order valence-corrected chi connectivity index (χ0v) is 16.8. The third kappa shape index (κ3) is 4.12. The molecule has 0 radical (unpaired) electrons. The lowest BCUT2D eigenvalue weighted by Gasteiger charge is -2.32. The number of nitrogens with one attached hydrogen (secondary N) is 1. The van der Waals surface area contributed by atoms with Gasteiger partial charge in [-0.2, -0.15) is 5.26 Å². The van der Waals surface area contributed by atoms with Crippen LogP contribution in [0.3, 0.4) is 0 Å². The van der Waals surface area contributed by atoms with Gasteiger partial charge in [-0.25, -0.2) is 4.98 Å². The molecule has 1 aromatic heterocycles. The van der Waals surface area contributed by atoms with Crippen molar-refractivity contribution in [3.63, 3.8) is 0 Å². The molecular formula is C21H24N4O2S. The number of thioether (sulfide) groups is 1. The molecule has 0 bridgehead atoms. The van der Waals surface area contributed by atoms with Crippen LogP contribution < -0.4 is 10.9 Å². The van der Waals surface area contributed by atoms with Crippen molar-refractivity contribution in [2.24, 2.45) is 0 Å². The first-order chi connectivity index (χ1) is 13.5. The van der Waals surface area contributed by atoms with E-state index in [0.29, 0.717) is 35.4 Å². The Hall–Kier alpha value is -2.59. The molecule has 1 fully saturated rings. The second-order valence-electron chi connectivity index (χ2n) is 7.12. The Bertz CT molecular complexity index is 986. The smallest absolute Gasteiger partial charge is 0.262 e. The van der Waals surface area contributed by atoms with Gasteiger partial charge in [0.2, 0.25) is 5.91 Å². The van der Waals surface area contributed by atoms with Crippen molar-refractivity contribution in [1.82, 2.24) is 14.9 Å². The lowest BCUT2D eigenvalue weighted by Crippen LogP contribution is -2.51. The van der Waals surface area contributed by atoms with Crippen molar-refractivity contribution in [1.29, 1.82) is 5.26 Å². The van der Waals surface area contributed by atoms with Crippen molar-refractivity contribution < 1.29 is 4.79 Å². The third-order valence-corrected chi connectivity index (χ3v) is 6.16. The van der Waals surface area contributed by atoms with E-state index in [2.05, 4.69) is 22.9 Å². The van der Waals surface area contributed by atoms with Crippen molar-refractivity contribution in [3.05, 3.63) is 47.3 Å². The van der Waals surface area contributed by atoms with Gasteiger partial charge in [-0.1, -0.05) is 49.2 Å². The number of nitrogens with zero attached hydrogens (tertiary/aromatic N) is 3. The number of fused-ring (bicyclic) bond motifs is 1. The fourth-order valence-corrected chi connectivity index (χ4v) is 4.41. The van der Waals surface area contributed by atoms with Crippen molar-refractivity contribution in [3.8, 4) is 6.07 Å². The fourth-order valence-electron chi connectivity index (χ4n) is 3.50. The number of aromatic nitrogens is 2. The molecule has 1 atom stereocenters. The zero-order valence-electron chi connectivity index (χ0n) is 16.0. The van der Waals surface area contributed by atoms with E-state index in [0.717, 1.165) is 19.3 Å². The molecule has 1 unspecified atom stereocenters. The summed E-state index contributed by atoms with van der Waals surface area (Å²) in [5.74, 6) is -0.207. The summed E-state index contributed by atoms with van der Waals surface area (Å²) in [6.45, 7) is 5.80. The summed E-state index contributed by atoms with van der Waals surface area (Å²) in [5.41, 5.74) is -0.327. The van der Waals surface area contributed by atoms with E-state index in [1.54, 1.807) is 31.2 Å². The Labute approximate surface area is 168 Å². The summed E-state index contributed by atoms with van der Waals surface area (Å²) in [6.07, 6.45) is 5.99. The second kappa shape index (κ2) is 8.61. The highest BCUT2D eigenvalue weighted by Gasteiger charge is 2.35. The molecule has 0 saturated heterocycles. The van der Waals surface area contributed by atoms with Crippen LogP contribution in [0.1, 0.15) is 39.0 Å². The maximum Gasteiger partial charge on any atom is 0.262 e. The number of benzene rings is 1. The minimum Gasteiger partial charge on any atom is -0.337 e. The molecule has 0 aliphatic heterocycles. The lowest BCUT2D eigenvalue weighted by atomic mass is 9.83. The Balaban J connectivity index is 1.85. The van der Waals surface area contributed by atoms with Gasteiger partial charge in [0, 0.05) is 6.54 Å². The number of para-hydroxylation sites is 1. The lowest BCUT2D eigenvalue weighted by molar-refractivity contribution is -0.121. The van der Waals surface area contributed by atoms with E-state index in [4.69, 9.17) is 0 Å². The topological polar surface area (TPSA) is 87.8 Å². The summed E-state index contributed by atoms with van der Waals surface area (Å²) >= 11 is 1.23. The summed E-state index contributed by atoms with van der Waals surface area (Å²) in [5, 5.41) is 13.1. The van der Waals surface area contributed by atoms with Crippen LogP contribution in [0.5, 0.6) is 0 Å². The molecule has 1 heterocycles. The summed E-state index contributed by atoms with van der Waals surface area (Å²) < 4.78 is 1.53. The van der Waals surface area contributed by atoms with Gasteiger partial charge >= 0.3 is 0 Å². The van der Waals surface area contributed by atoms with Crippen LogP contribution in [0.4, 0.5) is 0 Å². The normalized spacial score (nSPS) is 16.9. The van der Waals surface area contributed by atoms with Gasteiger partial charge in [0.05, 0.1) is 22.2 Å².